The molecule has 0 aromatic heterocycles. The Balaban J connectivity index is 1.76. The van der Waals surface area contributed by atoms with E-state index in [2.05, 4.69) is 5.32 Å². The van der Waals surface area contributed by atoms with Crippen LogP contribution >= 0.6 is 0 Å². The van der Waals surface area contributed by atoms with Crippen molar-refractivity contribution in [3.63, 3.8) is 0 Å². The fourth-order valence-electron chi connectivity index (χ4n) is 2.48. The molecular weight excluding hydrogens is 286 g/mol. The van der Waals surface area contributed by atoms with Crippen LogP contribution in [0.25, 0.3) is 0 Å². The number of hydrogen-bond acceptors (Lipinski definition) is 5. The summed E-state index contributed by atoms with van der Waals surface area (Å²) in [5.74, 6) is -0.735. The summed E-state index contributed by atoms with van der Waals surface area (Å²) in [5.41, 5.74) is 0. The molecule has 2 aliphatic heterocycles. The van der Waals surface area contributed by atoms with Crippen molar-refractivity contribution in [3.8, 4) is 0 Å². The number of aliphatic carboxylic acids is 1. The van der Waals surface area contributed by atoms with Gasteiger partial charge in [-0.1, -0.05) is 0 Å². The molecule has 2 aliphatic rings. The number of nitrogens with one attached hydrogen (secondary N) is 1. The zero-order valence-corrected chi connectivity index (χ0v) is 11.9. The highest BCUT2D eigenvalue weighted by molar-refractivity contribution is 7.91. The lowest BCUT2D eigenvalue weighted by Gasteiger charge is -2.34. The summed E-state index contributed by atoms with van der Waals surface area (Å²) in [6.45, 7) is 1.93. The van der Waals surface area contributed by atoms with Gasteiger partial charge in [-0.25, -0.2) is 13.2 Å². The molecular formula is C11H19N3O5S. The number of sulfone groups is 1. The lowest BCUT2D eigenvalue weighted by Crippen LogP contribution is -2.54. The summed E-state index contributed by atoms with van der Waals surface area (Å²) in [7, 11) is -3.00. The molecule has 0 aliphatic carbocycles. The Morgan fingerprint density at radius 2 is 1.85 bits per heavy atom. The van der Waals surface area contributed by atoms with Crippen LogP contribution < -0.4 is 5.32 Å². The molecule has 2 N–H and O–H groups in total. The molecule has 2 rings (SSSR count). The molecule has 9 heteroatoms. The third-order valence-corrected chi connectivity index (χ3v) is 5.35. The maximum absolute atomic E-state index is 12.0. The van der Waals surface area contributed by atoms with E-state index in [4.69, 9.17) is 5.11 Å². The highest BCUT2D eigenvalue weighted by Crippen LogP contribution is 2.12. The highest BCUT2D eigenvalue weighted by Gasteiger charge is 2.31. The van der Waals surface area contributed by atoms with Gasteiger partial charge in [0.15, 0.2) is 9.84 Å². The van der Waals surface area contributed by atoms with Gasteiger partial charge in [0.05, 0.1) is 18.1 Å². The predicted molar refractivity (Wildman–Crippen MR) is 71.2 cm³/mol. The van der Waals surface area contributed by atoms with Crippen LogP contribution in [0, 0.1) is 0 Å². The standard InChI is InChI=1S/C11H19N3O5S/c15-10(16)7-13-2-4-14(5-3-13)11(17)12-9-1-6-20(18,19)8-9/h9H,1-8H2,(H,12,17)(H,15,16). The minimum atomic E-state index is -3.00. The second-order valence-electron chi connectivity index (χ2n) is 5.21. The number of amides is 2. The molecule has 1 unspecified atom stereocenters. The van der Waals surface area contributed by atoms with Gasteiger partial charge in [-0.3, -0.25) is 9.69 Å². The topological polar surface area (TPSA) is 107 Å². The molecule has 20 heavy (non-hydrogen) atoms. The predicted octanol–water partition coefficient (Wildman–Crippen LogP) is -1.41. The van der Waals surface area contributed by atoms with Crippen LogP contribution in [0.15, 0.2) is 0 Å². The first-order valence-corrected chi connectivity index (χ1v) is 8.38. The number of carbonyl (C=O) groups excluding carboxylic acids is 1. The van der Waals surface area contributed by atoms with E-state index in [0.29, 0.717) is 32.6 Å². The molecule has 2 fully saturated rings. The van der Waals surface area contributed by atoms with E-state index in [1.807, 2.05) is 0 Å². The normalized spacial score (nSPS) is 26.4. The van der Waals surface area contributed by atoms with Gasteiger partial charge in [-0.05, 0) is 6.42 Å². The highest BCUT2D eigenvalue weighted by atomic mass is 32.2. The number of carboxylic acids is 1. The number of carboxylic acid groups (broad SMARTS) is 1. The molecule has 8 nitrogen and oxygen atoms in total. The SMILES string of the molecule is O=C(O)CN1CCN(C(=O)NC2CCS(=O)(=O)C2)CC1. The second kappa shape index (κ2) is 5.96. The molecule has 1 atom stereocenters. The third kappa shape index (κ3) is 4.07. The minimum Gasteiger partial charge on any atom is -0.480 e. The van der Waals surface area contributed by atoms with Crippen molar-refractivity contribution in [1.29, 1.82) is 0 Å². The van der Waals surface area contributed by atoms with Crippen molar-refractivity contribution in [2.24, 2.45) is 0 Å². The van der Waals surface area contributed by atoms with E-state index < -0.39 is 15.8 Å². The zero-order chi connectivity index (χ0) is 14.8. The Morgan fingerprint density at radius 3 is 2.35 bits per heavy atom. The van der Waals surface area contributed by atoms with Crippen molar-refractivity contribution in [2.45, 2.75) is 12.5 Å². The largest absolute Gasteiger partial charge is 0.480 e. The monoisotopic (exact) mass is 305 g/mol. The molecule has 2 heterocycles. The first-order valence-electron chi connectivity index (χ1n) is 6.56. The minimum absolute atomic E-state index is 0.0116. The van der Waals surface area contributed by atoms with Gasteiger partial charge < -0.3 is 15.3 Å². The number of hydrogen-bond donors (Lipinski definition) is 2. The Kier molecular flexibility index (Phi) is 4.48. The van der Waals surface area contributed by atoms with Gasteiger partial charge in [0, 0.05) is 32.2 Å². The number of rotatable bonds is 3. The van der Waals surface area contributed by atoms with Gasteiger partial charge >= 0.3 is 12.0 Å². The van der Waals surface area contributed by atoms with Gasteiger partial charge in [-0.2, -0.15) is 0 Å². The molecule has 0 aromatic rings. The van der Waals surface area contributed by atoms with Crippen LogP contribution in [0.1, 0.15) is 6.42 Å². The summed E-state index contributed by atoms with van der Waals surface area (Å²) in [5, 5.41) is 11.4. The lowest BCUT2D eigenvalue weighted by molar-refractivity contribution is -0.138. The van der Waals surface area contributed by atoms with E-state index in [9.17, 15) is 18.0 Å². The molecule has 2 saturated heterocycles. The Labute approximate surface area is 117 Å². The molecule has 0 spiro atoms. The molecule has 2 amide bonds. The van der Waals surface area contributed by atoms with Crippen LogP contribution in [-0.4, -0.2) is 85.6 Å². The maximum atomic E-state index is 12.0. The van der Waals surface area contributed by atoms with Crippen molar-refractivity contribution in [2.75, 3.05) is 44.2 Å². The Hall–Kier alpha value is -1.35. The third-order valence-electron chi connectivity index (χ3n) is 3.58. The number of nitrogens with zero attached hydrogens (tertiary/aromatic N) is 2. The first kappa shape index (κ1) is 15.0. The van der Waals surface area contributed by atoms with E-state index in [1.54, 1.807) is 9.80 Å². The zero-order valence-electron chi connectivity index (χ0n) is 11.1. The van der Waals surface area contributed by atoms with Gasteiger partial charge in [0.25, 0.3) is 0 Å². The van der Waals surface area contributed by atoms with Crippen molar-refractivity contribution in [1.82, 2.24) is 15.1 Å². The number of urea groups is 1. The van der Waals surface area contributed by atoms with Gasteiger partial charge in [-0.15, -0.1) is 0 Å². The molecule has 0 saturated carbocycles. The van der Waals surface area contributed by atoms with E-state index in [-0.39, 0.29) is 30.1 Å². The smallest absolute Gasteiger partial charge is 0.317 e. The quantitative estimate of drug-likeness (QED) is 0.663. The summed E-state index contributed by atoms with van der Waals surface area (Å²) < 4.78 is 22.6. The van der Waals surface area contributed by atoms with Crippen molar-refractivity contribution < 1.29 is 23.1 Å². The van der Waals surface area contributed by atoms with Gasteiger partial charge in [0.1, 0.15) is 0 Å². The Morgan fingerprint density at radius 1 is 1.20 bits per heavy atom. The summed E-state index contributed by atoms with van der Waals surface area (Å²) in [6.07, 6.45) is 0.465. The molecule has 0 bridgehead atoms. The van der Waals surface area contributed by atoms with Crippen molar-refractivity contribution >= 4 is 21.8 Å². The van der Waals surface area contributed by atoms with Gasteiger partial charge in [0.2, 0.25) is 0 Å². The molecule has 0 aromatic carbocycles. The van der Waals surface area contributed by atoms with Crippen LogP contribution in [0.4, 0.5) is 4.79 Å². The summed E-state index contributed by atoms with van der Waals surface area (Å²) in [6, 6.07) is -0.563. The molecule has 114 valence electrons. The number of piperazine rings is 1. The van der Waals surface area contributed by atoms with Crippen LogP contribution in [0.5, 0.6) is 0 Å². The Bertz CT molecular complexity index is 484. The van der Waals surface area contributed by atoms with E-state index >= 15 is 0 Å². The molecule has 0 radical (unpaired) electrons. The fraction of sp³-hybridized carbons (Fsp3) is 0.818. The summed E-state index contributed by atoms with van der Waals surface area (Å²) in [4.78, 5) is 25.9. The van der Waals surface area contributed by atoms with E-state index in [0.717, 1.165) is 0 Å². The maximum Gasteiger partial charge on any atom is 0.317 e. The van der Waals surface area contributed by atoms with Crippen LogP contribution in [0.2, 0.25) is 0 Å². The van der Waals surface area contributed by atoms with Crippen LogP contribution in [0.3, 0.4) is 0 Å². The number of carbonyl (C=O) groups is 2. The average Bonchev–Trinajstić information content (AvgIpc) is 2.68. The van der Waals surface area contributed by atoms with E-state index in [1.165, 1.54) is 0 Å². The van der Waals surface area contributed by atoms with Crippen molar-refractivity contribution in [3.05, 3.63) is 0 Å². The summed E-state index contributed by atoms with van der Waals surface area (Å²) >= 11 is 0. The average molecular weight is 305 g/mol. The fourth-order valence-corrected chi connectivity index (χ4v) is 4.15. The lowest BCUT2D eigenvalue weighted by atomic mass is 10.2. The second-order valence-corrected chi connectivity index (χ2v) is 7.44. The first-order chi connectivity index (χ1) is 9.35. The van der Waals surface area contributed by atoms with Crippen LogP contribution in [-0.2, 0) is 14.6 Å².